The van der Waals surface area contributed by atoms with E-state index in [0.717, 1.165) is 25.3 Å². The Kier molecular flexibility index (Phi) is 4.25. The van der Waals surface area contributed by atoms with Gasteiger partial charge in [-0.3, -0.25) is 9.59 Å². The zero-order valence-corrected chi connectivity index (χ0v) is 11.2. The van der Waals surface area contributed by atoms with Crippen molar-refractivity contribution in [3.63, 3.8) is 0 Å². The van der Waals surface area contributed by atoms with E-state index in [1.807, 2.05) is 6.92 Å². The number of carbonyl (C=O) groups excluding carboxylic acids is 2. The fourth-order valence-electron chi connectivity index (χ4n) is 3.05. The van der Waals surface area contributed by atoms with Crippen LogP contribution in [0.15, 0.2) is 0 Å². The molecule has 18 heavy (non-hydrogen) atoms. The zero-order chi connectivity index (χ0) is 13.1. The lowest BCUT2D eigenvalue weighted by Gasteiger charge is -2.30. The molecule has 0 aromatic heterocycles. The highest BCUT2D eigenvalue weighted by Gasteiger charge is 2.33. The number of hydrogen-bond donors (Lipinski definition) is 1. The first-order chi connectivity index (χ1) is 8.61. The quantitative estimate of drug-likeness (QED) is 0.809. The van der Waals surface area contributed by atoms with Crippen molar-refractivity contribution >= 4 is 11.8 Å². The molecule has 4 heteroatoms. The van der Waals surface area contributed by atoms with Crippen molar-refractivity contribution in [1.29, 1.82) is 0 Å². The van der Waals surface area contributed by atoms with E-state index in [0.29, 0.717) is 18.8 Å². The number of rotatable bonds is 5. The van der Waals surface area contributed by atoms with Crippen molar-refractivity contribution in [2.24, 2.45) is 17.6 Å². The van der Waals surface area contributed by atoms with E-state index in [-0.39, 0.29) is 11.8 Å². The molecule has 1 saturated carbocycles. The standard InChI is InChI=1S/C14H24N2O2/c1-2-12(14(15)18)16-9-11(8-10-6-7-10)4-3-5-13(16)17/h10-12H,2-9H2,1H3,(H2,15,18). The van der Waals surface area contributed by atoms with Gasteiger partial charge in [-0.2, -0.15) is 0 Å². The number of carbonyl (C=O) groups is 2. The van der Waals surface area contributed by atoms with Gasteiger partial charge < -0.3 is 10.6 Å². The van der Waals surface area contributed by atoms with Crippen LogP contribution in [0.5, 0.6) is 0 Å². The number of nitrogens with two attached hydrogens (primary N) is 1. The molecule has 2 N–H and O–H groups in total. The Morgan fingerprint density at radius 1 is 1.39 bits per heavy atom. The molecule has 2 atom stereocenters. The summed E-state index contributed by atoms with van der Waals surface area (Å²) in [6.45, 7) is 2.65. The summed E-state index contributed by atoms with van der Waals surface area (Å²) in [4.78, 5) is 25.3. The van der Waals surface area contributed by atoms with E-state index in [9.17, 15) is 9.59 Å². The summed E-state index contributed by atoms with van der Waals surface area (Å²) >= 11 is 0. The molecule has 102 valence electrons. The Bertz CT molecular complexity index is 326. The highest BCUT2D eigenvalue weighted by Crippen LogP contribution is 2.37. The van der Waals surface area contributed by atoms with Crippen LogP contribution in [0.2, 0.25) is 0 Å². The van der Waals surface area contributed by atoms with Crippen LogP contribution in [-0.4, -0.2) is 29.3 Å². The molecule has 0 radical (unpaired) electrons. The molecule has 1 aliphatic carbocycles. The van der Waals surface area contributed by atoms with E-state index in [1.54, 1.807) is 4.90 Å². The fourth-order valence-corrected chi connectivity index (χ4v) is 3.05. The van der Waals surface area contributed by atoms with E-state index >= 15 is 0 Å². The Labute approximate surface area is 109 Å². The molecule has 0 spiro atoms. The third kappa shape index (κ3) is 3.24. The van der Waals surface area contributed by atoms with E-state index in [1.165, 1.54) is 19.3 Å². The van der Waals surface area contributed by atoms with Gasteiger partial charge >= 0.3 is 0 Å². The summed E-state index contributed by atoms with van der Waals surface area (Å²) in [5.41, 5.74) is 5.42. The van der Waals surface area contributed by atoms with Crippen LogP contribution < -0.4 is 5.73 Å². The normalized spacial score (nSPS) is 26.8. The summed E-state index contributed by atoms with van der Waals surface area (Å²) in [6.07, 6.45) is 7.19. The number of primary amides is 1. The lowest BCUT2D eigenvalue weighted by atomic mass is 9.96. The van der Waals surface area contributed by atoms with Gasteiger partial charge in [0.25, 0.3) is 0 Å². The van der Waals surface area contributed by atoms with Gasteiger partial charge in [-0.1, -0.05) is 19.8 Å². The molecule has 2 unspecified atom stereocenters. The maximum absolute atomic E-state index is 12.1. The predicted molar refractivity (Wildman–Crippen MR) is 69.7 cm³/mol. The van der Waals surface area contributed by atoms with Gasteiger partial charge in [0, 0.05) is 13.0 Å². The van der Waals surface area contributed by atoms with Crippen molar-refractivity contribution in [1.82, 2.24) is 4.90 Å². The monoisotopic (exact) mass is 252 g/mol. The second-order valence-corrected chi connectivity index (χ2v) is 5.81. The fraction of sp³-hybridized carbons (Fsp3) is 0.857. The molecule has 0 aromatic rings. The predicted octanol–water partition coefficient (Wildman–Crippen LogP) is 1.68. The van der Waals surface area contributed by atoms with Crippen LogP contribution in [0.25, 0.3) is 0 Å². The first-order valence-electron chi connectivity index (χ1n) is 7.20. The third-order valence-corrected chi connectivity index (χ3v) is 4.23. The zero-order valence-electron chi connectivity index (χ0n) is 11.2. The lowest BCUT2D eigenvalue weighted by molar-refractivity contribution is -0.139. The Morgan fingerprint density at radius 3 is 2.67 bits per heavy atom. The topological polar surface area (TPSA) is 63.4 Å². The second-order valence-electron chi connectivity index (χ2n) is 5.81. The molecule has 4 nitrogen and oxygen atoms in total. The van der Waals surface area contributed by atoms with Crippen LogP contribution in [0.4, 0.5) is 0 Å². The molecule has 0 aromatic carbocycles. The van der Waals surface area contributed by atoms with Gasteiger partial charge in [0.2, 0.25) is 11.8 Å². The molecule has 0 bridgehead atoms. The number of nitrogens with zero attached hydrogens (tertiary/aromatic N) is 1. The van der Waals surface area contributed by atoms with Crippen LogP contribution in [0.1, 0.15) is 51.9 Å². The molecular formula is C14H24N2O2. The molecule has 2 fully saturated rings. The van der Waals surface area contributed by atoms with Gasteiger partial charge in [-0.05, 0) is 37.5 Å². The minimum absolute atomic E-state index is 0.110. The highest BCUT2D eigenvalue weighted by molar-refractivity contribution is 5.86. The summed E-state index contributed by atoms with van der Waals surface area (Å²) in [7, 11) is 0. The first kappa shape index (κ1) is 13.4. The molecule has 2 amide bonds. The summed E-state index contributed by atoms with van der Waals surface area (Å²) in [5, 5.41) is 0. The van der Waals surface area contributed by atoms with Crippen molar-refractivity contribution < 1.29 is 9.59 Å². The minimum Gasteiger partial charge on any atom is -0.368 e. The largest absolute Gasteiger partial charge is 0.368 e. The third-order valence-electron chi connectivity index (χ3n) is 4.23. The smallest absolute Gasteiger partial charge is 0.240 e. The summed E-state index contributed by atoms with van der Waals surface area (Å²) in [6, 6.07) is -0.405. The van der Waals surface area contributed by atoms with Gasteiger partial charge in [0.15, 0.2) is 0 Å². The Hall–Kier alpha value is -1.06. The van der Waals surface area contributed by atoms with Crippen molar-refractivity contribution in [2.75, 3.05) is 6.54 Å². The average Bonchev–Trinajstić information content (AvgIpc) is 3.11. The van der Waals surface area contributed by atoms with Crippen molar-refractivity contribution in [3.8, 4) is 0 Å². The minimum atomic E-state index is -0.405. The van der Waals surface area contributed by atoms with Crippen molar-refractivity contribution in [2.45, 2.75) is 57.9 Å². The summed E-state index contributed by atoms with van der Waals surface area (Å²) in [5.74, 6) is 1.19. The van der Waals surface area contributed by atoms with Gasteiger partial charge in [0.1, 0.15) is 6.04 Å². The number of amides is 2. The van der Waals surface area contributed by atoms with E-state index < -0.39 is 6.04 Å². The first-order valence-corrected chi connectivity index (χ1v) is 7.20. The van der Waals surface area contributed by atoms with Gasteiger partial charge in [-0.15, -0.1) is 0 Å². The van der Waals surface area contributed by atoms with Crippen LogP contribution in [-0.2, 0) is 9.59 Å². The van der Waals surface area contributed by atoms with E-state index in [4.69, 9.17) is 5.73 Å². The van der Waals surface area contributed by atoms with Crippen LogP contribution in [0.3, 0.4) is 0 Å². The van der Waals surface area contributed by atoms with Crippen LogP contribution in [0, 0.1) is 11.8 Å². The molecule has 2 rings (SSSR count). The number of likely N-dealkylation sites (tertiary alicyclic amines) is 1. The number of hydrogen-bond acceptors (Lipinski definition) is 2. The highest BCUT2D eigenvalue weighted by atomic mass is 16.2. The van der Waals surface area contributed by atoms with E-state index in [2.05, 4.69) is 0 Å². The SMILES string of the molecule is CCC(C(N)=O)N1CC(CC2CC2)CCCC1=O. The maximum atomic E-state index is 12.1. The molecule has 1 aliphatic heterocycles. The Morgan fingerprint density at radius 2 is 2.11 bits per heavy atom. The van der Waals surface area contributed by atoms with Gasteiger partial charge in [-0.25, -0.2) is 0 Å². The molecule has 2 aliphatic rings. The molecule has 1 saturated heterocycles. The van der Waals surface area contributed by atoms with Gasteiger partial charge in [0.05, 0.1) is 0 Å². The lowest BCUT2D eigenvalue weighted by Crippen LogP contribution is -2.48. The summed E-state index contributed by atoms with van der Waals surface area (Å²) < 4.78 is 0. The molecular weight excluding hydrogens is 228 g/mol. The van der Waals surface area contributed by atoms with Crippen LogP contribution >= 0.6 is 0 Å². The maximum Gasteiger partial charge on any atom is 0.240 e. The molecule has 1 heterocycles. The average molecular weight is 252 g/mol. The van der Waals surface area contributed by atoms with Crippen molar-refractivity contribution in [3.05, 3.63) is 0 Å². The second kappa shape index (κ2) is 5.72. The Balaban J connectivity index is 2.03.